The van der Waals surface area contributed by atoms with E-state index < -0.39 is 17.8 Å². The molecule has 0 saturated carbocycles. The van der Waals surface area contributed by atoms with Gasteiger partial charge in [0.2, 0.25) is 0 Å². The molecular formula is C14H13BrF3NO. The van der Waals surface area contributed by atoms with Crippen molar-refractivity contribution in [2.75, 3.05) is 0 Å². The minimum absolute atomic E-state index is 0.0320. The van der Waals surface area contributed by atoms with Crippen LogP contribution in [0.15, 0.2) is 33.2 Å². The molecule has 2 rings (SSSR count). The second-order valence-electron chi connectivity index (χ2n) is 4.58. The van der Waals surface area contributed by atoms with E-state index in [9.17, 15) is 13.2 Å². The van der Waals surface area contributed by atoms with Gasteiger partial charge in [0.05, 0.1) is 11.6 Å². The lowest BCUT2D eigenvalue weighted by molar-refractivity contribution is -0.138. The first-order valence-corrected chi connectivity index (χ1v) is 6.68. The van der Waals surface area contributed by atoms with Gasteiger partial charge in [-0.3, -0.25) is 0 Å². The van der Waals surface area contributed by atoms with Crippen LogP contribution in [0.1, 0.15) is 34.3 Å². The molecule has 0 saturated heterocycles. The molecule has 108 valence electrons. The molecule has 20 heavy (non-hydrogen) atoms. The molecule has 1 aromatic heterocycles. The molecule has 0 aliphatic heterocycles. The highest BCUT2D eigenvalue weighted by atomic mass is 79.9. The third-order valence-electron chi connectivity index (χ3n) is 3.07. The molecule has 0 radical (unpaired) electrons. The van der Waals surface area contributed by atoms with E-state index in [1.54, 1.807) is 26.0 Å². The number of rotatable bonds is 2. The molecule has 0 fully saturated rings. The first kappa shape index (κ1) is 15.1. The van der Waals surface area contributed by atoms with E-state index >= 15 is 0 Å². The van der Waals surface area contributed by atoms with Crippen LogP contribution in [-0.4, -0.2) is 0 Å². The molecule has 1 atom stereocenters. The molecule has 0 aliphatic carbocycles. The highest BCUT2D eigenvalue weighted by Crippen LogP contribution is 2.38. The van der Waals surface area contributed by atoms with Crippen molar-refractivity contribution in [1.29, 1.82) is 0 Å². The van der Waals surface area contributed by atoms with Gasteiger partial charge in [-0.1, -0.05) is 22.0 Å². The molecular weight excluding hydrogens is 335 g/mol. The summed E-state index contributed by atoms with van der Waals surface area (Å²) in [6.45, 7) is 3.42. The van der Waals surface area contributed by atoms with E-state index in [2.05, 4.69) is 15.9 Å². The minimum atomic E-state index is -4.45. The predicted molar refractivity (Wildman–Crippen MR) is 73.4 cm³/mol. The van der Waals surface area contributed by atoms with Crippen LogP contribution in [-0.2, 0) is 6.18 Å². The molecule has 0 bridgehead atoms. The first-order valence-electron chi connectivity index (χ1n) is 5.89. The van der Waals surface area contributed by atoms with Gasteiger partial charge < -0.3 is 10.2 Å². The topological polar surface area (TPSA) is 39.2 Å². The highest BCUT2D eigenvalue weighted by molar-refractivity contribution is 9.10. The molecule has 1 unspecified atom stereocenters. The highest BCUT2D eigenvalue weighted by Gasteiger charge is 2.35. The van der Waals surface area contributed by atoms with E-state index in [1.165, 1.54) is 6.07 Å². The Morgan fingerprint density at radius 3 is 2.30 bits per heavy atom. The van der Waals surface area contributed by atoms with Gasteiger partial charge >= 0.3 is 6.18 Å². The summed E-state index contributed by atoms with van der Waals surface area (Å²) in [6, 6.07) is 4.77. The minimum Gasteiger partial charge on any atom is -0.466 e. The average Bonchev–Trinajstić information content (AvgIpc) is 2.66. The normalized spacial score (nSPS) is 13.6. The summed E-state index contributed by atoms with van der Waals surface area (Å²) in [5.74, 6) is 1.16. The molecule has 1 heterocycles. The van der Waals surface area contributed by atoms with Crippen molar-refractivity contribution in [3.63, 3.8) is 0 Å². The summed E-state index contributed by atoms with van der Waals surface area (Å²) < 4.78 is 45.0. The molecule has 0 spiro atoms. The Kier molecular flexibility index (Phi) is 3.97. The third-order valence-corrected chi connectivity index (χ3v) is 3.56. The van der Waals surface area contributed by atoms with Crippen molar-refractivity contribution in [3.05, 3.63) is 56.9 Å². The van der Waals surface area contributed by atoms with Crippen molar-refractivity contribution in [1.82, 2.24) is 0 Å². The van der Waals surface area contributed by atoms with Gasteiger partial charge in [0, 0.05) is 10.0 Å². The van der Waals surface area contributed by atoms with Gasteiger partial charge in [0.1, 0.15) is 11.5 Å². The smallest absolute Gasteiger partial charge is 0.416 e. The summed E-state index contributed by atoms with van der Waals surface area (Å²) in [4.78, 5) is 0. The summed E-state index contributed by atoms with van der Waals surface area (Å²) in [5.41, 5.74) is 5.86. The molecule has 2 nitrogen and oxygen atoms in total. The number of hydrogen-bond acceptors (Lipinski definition) is 2. The summed E-state index contributed by atoms with van der Waals surface area (Å²) >= 11 is 3.05. The Morgan fingerprint density at radius 1 is 1.15 bits per heavy atom. The van der Waals surface area contributed by atoms with Crippen LogP contribution in [0.3, 0.4) is 0 Å². The monoisotopic (exact) mass is 347 g/mol. The summed E-state index contributed by atoms with van der Waals surface area (Å²) in [5, 5.41) is 0. The fourth-order valence-corrected chi connectivity index (χ4v) is 2.53. The van der Waals surface area contributed by atoms with Crippen molar-refractivity contribution >= 4 is 15.9 Å². The molecule has 1 aromatic carbocycles. The van der Waals surface area contributed by atoms with E-state index in [0.717, 1.165) is 6.07 Å². The number of benzene rings is 1. The summed E-state index contributed by atoms with van der Waals surface area (Å²) in [6.07, 6.45) is -4.45. The number of hydrogen-bond donors (Lipinski definition) is 1. The maximum atomic E-state index is 13.1. The van der Waals surface area contributed by atoms with E-state index in [-0.39, 0.29) is 5.56 Å². The standard InChI is InChI=1S/C14H13BrF3NO/c1-7-5-11(8(2)20-7)13(19)10-4-3-9(15)6-12(10)14(16,17)18/h3-6,13H,19H2,1-2H3. The quantitative estimate of drug-likeness (QED) is 0.853. The Labute approximate surface area is 122 Å². The predicted octanol–water partition coefficient (Wildman–Crippen LogP) is 4.73. The first-order chi connectivity index (χ1) is 9.20. The molecule has 0 amide bonds. The van der Waals surface area contributed by atoms with E-state index in [0.29, 0.717) is 21.6 Å². The Hall–Kier alpha value is -1.27. The number of aryl methyl sites for hydroxylation is 2. The van der Waals surface area contributed by atoms with E-state index in [4.69, 9.17) is 10.2 Å². The molecule has 2 N–H and O–H groups in total. The Morgan fingerprint density at radius 2 is 1.80 bits per heavy atom. The van der Waals surface area contributed by atoms with Crippen LogP contribution in [0.4, 0.5) is 13.2 Å². The zero-order valence-corrected chi connectivity index (χ0v) is 12.5. The number of furan rings is 1. The van der Waals surface area contributed by atoms with Gasteiger partial charge in [0.15, 0.2) is 0 Å². The summed E-state index contributed by atoms with van der Waals surface area (Å²) in [7, 11) is 0. The van der Waals surface area contributed by atoms with E-state index in [1.807, 2.05) is 0 Å². The van der Waals surface area contributed by atoms with Gasteiger partial charge in [-0.05, 0) is 37.6 Å². The largest absolute Gasteiger partial charge is 0.466 e. The van der Waals surface area contributed by atoms with Crippen molar-refractivity contribution in [2.45, 2.75) is 26.1 Å². The Balaban J connectivity index is 2.55. The third kappa shape index (κ3) is 2.91. The fourth-order valence-electron chi connectivity index (χ4n) is 2.17. The number of nitrogens with two attached hydrogens (primary N) is 1. The average molecular weight is 348 g/mol. The molecule has 6 heteroatoms. The van der Waals surface area contributed by atoms with Gasteiger partial charge in [-0.2, -0.15) is 13.2 Å². The van der Waals surface area contributed by atoms with Crippen molar-refractivity contribution < 1.29 is 17.6 Å². The zero-order chi connectivity index (χ0) is 15.1. The number of alkyl halides is 3. The van der Waals surface area contributed by atoms with Crippen LogP contribution in [0.25, 0.3) is 0 Å². The zero-order valence-electron chi connectivity index (χ0n) is 10.9. The van der Waals surface area contributed by atoms with Crippen LogP contribution >= 0.6 is 15.9 Å². The lowest BCUT2D eigenvalue weighted by Gasteiger charge is -2.18. The van der Waals surface area contributed by atoms with Gasteiger partial charge in [-0.25, -0.2) is 0 Å². The van der Waals surface area contributed by atoms with Crippen LogP contribution in [0.2, 0.25) is 0 Å². The lowest BCUT2D eigenvalue weighted by atomic mass is 9.95. The van der Waals surface area contributed by atoms with Gasteiger partial charge in [0.25, 0.3) is 0 Å². The molecule has 2 aromatic rings. The second kappa shape index (κ2) is 5.26. The van der Waals surface area contributed by atoms with Crippen LogP contribution < -0.4 is 5.73 Å². The lowest BCUT2D eigenvalue weighted by Crippen LogP contribution is -2.18. The Bertz CT molecular complexity index is 634. The maximum Gasteiger partial charge on any atom is 0.416 e. The van der Waals surface area contributed by atoms with Gasteiger partial charge in [-0.15, -0.1) is 0 Å². The van der Waals surface area contributed by atoms with Crippen LogP contribution in [0, 0.1) is 13.8 Å². The number of halogens is 4. The van der Waals surface area contributed by atoms with Crippen LogP contribution in [0.5, 0.6) is 0 Å². The van der Waals surface area contributed by atoms with Crippen molar-refractivity contribution in [2.24, 2.45) is 5.73 Å². The maximum absolute atomic E-state index is 13.1. The van der Waals surface area contributed by atoms with Crippen molar-refractivity contribution in [3.8, 4) is 0 Å². The SMILES string of the molecule is Cc1cc(C(N)c2ccc(Br)cc2C(F)(F)F)c(C)o1. The second-order valence-corrected chi connectivity index (χ2v) is 5.49. The molecule has 0 aliphatic rings. The fraction of sp³-hybridized carbons (Fsp3) is 0.286.